The third-order valence-corrected chi connectivity index (χ3v) is 8.23. The van der Waals surface area contributed by atoms with Gasteiger partial charge in [0.25, 0.3) is 0 Å². The minimum atomic E-state index is -0.102. The van der Waals surface area contributed by atoms with Crippen molar-refractivity contribution in [2.45, 2.75) is 45.1 Å². The van der Waals surface area contributed by atoms with Crippen LogP contribution in [0.15, 0.2) is 47.1 Å². The highest BCUT2D eigenvalue weighted by atomic mass is 79.9. The van der Waals surface area contributed by atoms with Crippen LogP contribution in [0.5, 0.6) is 0 Å². The molecule has 5 nitrogen and oxygen atoms in total. The second kappa shape index (κ2) is 8.55. The third kappa shape index (κ3) is 4.12. The fraction of sp³-hybridized carbons (Fsp3) is 0.423. The normalized spacial score (nSPS) is 24.8. The quantitative estimate of drug-likeness (QED) is 0.266. The molecule has 33 heavy (non-hydrogen) atoms. The maximum atomic E-state index is 13.4. The average molecular weight is 530 g/mol. The van der Waals surface area contributed by atoms with Crippen LogP contribution in [-0.4, -0.2) is 28.6 Å². The number of esters is 1. The Kier molecular flexibility index (Phi) is 5.86. The van der Waals surface area contributed by atoms with Crippen molar-refractivity contribution in [3.63, 3.8) is 0 Å². The number of halogens is 2. The van der Waals surface area contributed by atoms with Gasteiger partial charge in [0.1, 0.15) is 0 Å². The van der Waals surface area contributed by atoms with Crippen LogP contribution in [-0.2, 0) is 9.53 Å². The molecule has 2 aliphatic carbocycles. The first-order chi connectivity index (χ1) is 15.8. The van der Waals surface area contributed by atoms with Crippen LogP contribution in [0, 0.1) is 17.3 Å². The van der Waals surface area contributed by atoms with Crippen LogP contribution >= 0.6 is 27.5 Å². The summed E-state index contributed by atoms with van der Waals surface area (Å²) in [7, 11) is 1.45. The fourth-order valence-corrected chi connectivity index (χ4v) is 6.37. The number of hydrogen-bond acceptors (Lipinski definition) is 4. The minimum absolute atomic E-state index is 0.0273. The molecule has 1 unspecified atom stereocenters. The molecular weight excluding hydrogens is 504 g/mol. The van der Waals surface area contributed by atoms with Gasteiger partial charge in [0, 0.05) is 26.9 Å². The topological polar surface area (TPSA) is 61.2 Å². The Labute approximate surface area is 206 Å². The number of Topliss-reactive ketones (excluding diaryl/α,β-unsaturated/α-hetero) is 1. The Hall–Kier alpha value is -2.18. The summed E-state index contributed by atoms with van der Waals surface area (Å²) < 4.78 is 7.81. The Balaban J connectivity index is 1.35. The average Bonchev–Trinajstić information content (AvgIpc) is 3.16. The first-order valence-corrected chi connectivity index (χ1v) is 12.5. The molecule has 0 amide bonds. The molecule has 1 spiro atoms. The van der Waals surface area contributed by atoms with Crippen molar-refractivity contribution in [2.24, 2.45) is 17.3 Å². The Morgan fingerprint density at radius 2 is 1.91 bits per heavy atom. The van der Waals surface area contributed by atoms with Gasteiger partial charge in [-0.05, 0) is 73.8 Å². The van der Waals surface area contributed by atoms with E-state index in [4.69, 9.17) is 16.3 Å². The van der Waals surface area contributed by atoms with Crippen LogP contribution < -0.4 is 0 Å². The number of ketones is 1. The molecule has 2 saturated carbocycles. The van der Waals surface area contributed by atoms with E-state index in [9.17, 15) is 9.59 Å². The number of aromatic nitrogens is 2. The first kappa shape index (κ1) is 22.6. The van der Waals surface area contributed by atoms with Gasteiger partial charge in [-0.15, -0.1) is 0 Å². The number of hydrogen-bond donors (Lipinski definition) is 0. The van der Waals surface area contributed by atoms with Gasteiger partial charge in [-0.25, -0.2) is 0 Å². The summed E-state index contributed by atoms with van der Waals surface area (Å²) in [5.74, 6) is 0.393. The van der Waals surface area contributed by atoms with Crippen LogP contribution in [0.3, 0.4) is 0 Å². The zero-order valence-electron chi connectivity index (χ0n) is 18.7. The third-order valence-electron chi connectivity index (χ3n) is 7.48. The summed E-state index contributed by atoms with van der Waals surface area (Å²) in [6.07, 6.45) is 6.08. The van der Waals surface area contributed by atoms with Crippen molar-refractivity contribution in [3.05, 3.63) is 63.2 Å². The monoisotopic (exact) mass is 528 g/mol. The Bertz CT molecular complexity index is 1220. The molecule has 0 radical (unpaired) electrons. The minimum Gasteiger partial charge on any atom is -0.469 e. The smallest absolute Gasteiger partial charge is 0.308 e. The highest BCUT2D eigenvalue weighted by molar-refractivity contribution is 9.10. The molecule has 5 rings (SSSR count). The number of rotatable bonds is 6. The molecule has 3 aromatic rings. The van der Waals surface area contributed by atoms with Gasteiger partial charge in [0.2, 0.25) is 0 Å². The van der Waals surface area contributed by atoms with Crippen LogP contribution in [0.25, 0.3) is 10.9 Å². The number of fused-ring (bicyclic) bond motifs is 1. The molecule has 2 aliphatic rings. The highest BCUT2D eigenvalue weighted by Crippen LogP contribution is 2.62. The lowest BCUT2D eigenvalue weighted by Gasteiger charge is -2.57. The molecule has 0 bridgehead atoms. The number of nitrogens with zero attached hydrogens (tertiary/aromatic N) is 2. The number of benzene rings is 2. The molecule has 1 heterocycles. The van der Waals surface area contributed by atoms with Gasteiger partial charge in [-0.1, -0.05) is 39.7 Å². The summed E-state index contributed by atoms with van der Waals surface area (Å²) >= 11 is 9.86. The van der Waals surface area contributed by atoms with E-state index in [-0.39, 0.29) is 29.1 Å². The molecule has 1 atom stereocenters. The molecular formula is C26H26BrClN2O3. The standard InChI is InChI=1S/C26H26BrClN2O3/c1-15(17-3-5-20(27)6-4-17)30-24-18(14-29-30)8-21(28)9-22(24)23(31)7-16-10-26(11-16)12-19(13-26)25(32)33-2/h3-6,8-9,14-16,19H,7,10-13H2,1-2H3. The molecule has 0 saturated heterocycles. The zero-order valence-corrected chi connectivity index (χ0v) is 21.0. The maximum absolute atomic E-state index is 13.4. The summed E-state index contributed by atoms with van der Waals surface area (Å²) in [5, 5.41) is 6.04. The number of methoxy groups -OCH3 is 1. The van der Waals surface area contributed by atoms with Crippen molar-refractivity contribution in [2.75, 3.05) is 7.11 Å². The second-order valence-corrected chi connectivity index (χ2v) is 11.1. The second-order valence-electron chi connectivity index (χ2n) is 9.74. The van der Waals surface area contributed by atoms with E-state index >= 15 is 0 Å². The number of ether oxygens (including phenoxy) is 1. The lowest BCUT2D eigenvalue weighted by molar-refractivity contribution is -0.161. The lowest BCUT2D eigenvalue weighted by atomic mass is 9.47. The van der Waals surface area contributed by atoms with E-state index in [1.54, 1.807) is 12.3 Å². The van der Waals surface area contributed by atoms with E-state index in [0.29, 0.717) is 22.9 Å². The molecule has 2 aromatic carbocycles. The molecule has 2 fully saturated rings. The van der Waals surface area contributed by atoms with E-state index < -0.39 is 0 Å². The lowest BCUT2D eigenvalue weighted by Crippen LogP contribution is -2.50. The van der Waals surface area contributed by atoms with Gasteiger partial charge in [0.15, 0.2) is 5.78 Å². The van der Waals surface area contributed by atoms with Crippen molar-refractivity contribution >= 4 is 50.2 Å². The van der Waals surface area contributed by atoms with Crippen molar-refractivity contribution in [1.29, 1.82) is 0 Å². The summed E-state index contributed by atoms with van der Waals surface area (Å²) in [6.45, 7) is 2.09. The van der Waals surface area contributed by atoms with Crippen LogP contribution in [0.1, 0.15) is 61.0 Å². The van der Waals surface area contributed by atoms with Gasteiger partial charge in [-0.3, -0.25) is 14.3 Å². The number of carbonyl (C=O) groups excluding carboxylic acids is 2. The largest absolute Gasteiger partial charge is 0.469 e. The van der Waals surface area contributed by atoms with Crippen molar-refractivity contribution in [1.82, 2.24) is 9.78 Å². The van der Waals surface area contributed by atoms with E-state index in [2.05, 4.69) is 40.1 Å². The molecule has 0 N–H and O–H groups in total. The summed E-state index contributed by atoms with van der Waals surface area (Å²) in [5.41, 5.74) is 2.83. The van der Waals surface area contributed by atoms with Crippen LogP contribution in [0.2, 0.25) is 5.02 Å². The maximum Gasteiger partial charge on any atom is 0.308 e. The Morgan fingerprint density at radius 3 is 2.58 bits per heavy atom. The summed E-state index contributed by atoms with van der Waals surface area (Å²) in [6, 6.07) is 11.8. The van der Waals surface area contributed by atoms with Crippen molar-refractivity contribution < 1.29 is 14.3 Å². The summed E-state index contributed by atoms with van der Waals surface area (Å²) in [4.78, 5) is 25.1. The molecule has 1 aromatic heterocycles. The van der Waals surface area contributed by atoms with E-state index in [1.807, 2.05) is 22.9 Å². The fourth-order valence-electron chi connectivity index (χ4n) is 5.88. The van der Waals surface area contributed by atoms with Gasteiger partial charge in [-0.2, -0.15) is 5.10 Å². The Morgan fingerprint density at radius 1 is 1.21 bits per heavy atom. The van der Waals surface area contributed by atoms with Gasteiger partial charge in [0.05, 0.1) is 30.8 Å². The molecule has 0 aliphatic heterocycles. The number of carbonyl (C=O) groups is 2. The van der Waals surface area contributed by atoms with E-state index in [1.165, 1.54) is 7.11 Å². The van der Waals surface area contributed by atoms with Gasteiger partial charge >= 0.3 is 5.97 Å². The van der Waals surface area contributed by atoms with E-state index in [0.717, 1.165) is 46.6 Å². The highest BCUT2D eigenvalue weighted by Gasteiger charge is 2.55. The molecule has 172 valence electrons. The predicted molar refractivity (Wildman–Crippen MR) is 132 cm³/mol. The molecule has 7 heteroatoms. The van der Waals surface area contributed by atoms with Crippen LogP contribution in [0.4, 0.5) is 0 Å². The van der Waals surface area contributed by atoms with Crippen molar-refractivity contribution in [3.8, 4) is 0 Å². The van der Waals surface area contributed by atoms with Gasteiger partial charge < -0.3 is 4.74 Å². The predicted octanol–water partition coefficient (Wildman–Crippen LogP) is 6.61. The zero-order chi connectivity index (χ0) is 23.3. The SMILES string of the molecule is COC(=O)C1CC2(CC(CC(=O)c3cc(Cl)cc4cnn(C(C)c5ccc(Br)cc5)c34)C2)C1. The first-order valence-electron chi connectivity index (χ1n) is 11.3.